The second-order valence-electron chi connectivity index (χ2n) is 7.29. The van der Waals surface area contributed by atoms with Crippen LogP contribution in [0.5, 0.6) is 0 Å². The second kappa shape index (κ2) is 9.98. The fraction of sp³-hybridized carbons (Fsp3) is 0.0400. The van der Waals surface area contributed by atoms with Gasteiger partial charge in [0, 0.05) is 33.4 Å². The Morgan fingerprint density at radius 3 is 2.62 bits per heavy atom. The van der Waals surface area contributed by atoms with Gasteiger partial charge in [0.15, 0.2) is 0 Å². The number of halogens is 2. The second-order valence-corrected chi connectivity index (χ2v) is 7.73. The maximum Gasteiger partial charge on any atom is 0.274 e. The van der Waals surface area contributed by atoms with Gasteiger partial charge in [0.05, 0.1) is 23.4 Å². The molecule has 0 unspecified atom stereocenters. The highest BCUT2D eigenvalue weighted by Crippen LogP contribution is 2.20. The van der Waals surface area contributed by atoms with Crippen molar-refractivity contribution >= 4 is 46.2 Å². The first kappa shape index (κ1) is 22.7. The van der Waals surface area contributed by atoms with E-state index in [9.17, 15) is 14.0 Å². The molecule has 4 rings (SSSR count). The number of nitrogens with one attached hydrogen (secondary N) is 2. The lowest BCUT2D eigenvalue weighted by Gasteiger charge is -2.07. The Kier molecular flexibility index (Phi) is 6.67. The largest absolute Gasteiger partial charge is 0.337 e. The first-order valence-corrected chi connectivity index (χ1v) is 10.5. The summed E-state index contributed by atoms with van der Waals surface area (Å²) >= 11 is 5.88. The fourth-order valence-corrected chi connectivity index (χ4v) is 3.51. The summed E-state index contributed by atoms with van der Waals surface area (Å²) < 4.78 is 15.8. The zero-order valence-electron chi connectivity index (χ0n) is 17.6. The Balaban J connectivity index is 1.49. The smallest absolute Gasteiger partial charge is 0.274 e. The van der Waals surface area contributed by atoms with E-state index in [1.807, 2.05) is 30.3 Å². The van der Waals surface area contributed by atoms with Crippen LogP contribution in [0.15, 0.2) is 78.0 Å². The molecule has 9 heteroatoms. The Morgan fingerprint density at radius 2 is 1.88 bits per heavy atom. The number of amides is 2. The van der Waals surface area contributed by atoms with Crippen LogP contribution >= 0.6 is 11.6 Å². The van der Waals surface area contributed by atoms with E-state index in [0.29, 0.717) is 16.3 Å². The summed E-state index contributed by atoms with van der Waals surface area (Å²) in [4.78, 5) is 24.8. The van der Waals surface area contributed by atoms with Crippen molar-refractivity contribution in [3.05, 3.63) is 100 Å². The zero-order chi connectivity index (χ0) is 24.1. The molecule has 2 N–H and O–H groups in total. The van der Waals surface area contributed by atoms with Crippen molar-refractivity contribution < 1.29 is 14.0 Å². The highest BCUT2D eigenvalue weighted by Gasteiger charge is 2.13. The summed E-state index contributed by atoms with van der Waals surface area (Å²) in [6.07, 6.45) is 3.17. The lowest BCUT2D eigenvalue weighted by Crippen LogP contribution is -2.19. The van der Waals surface area contributed by atoms with Crippen molar-refractivity contribution in [1.82, 2.24) is 9.99 Å². The average Bonchev–Trinajstić information content (AvgIpc) is 3.17. The molecular formula is C25H17ClFN5O2. The van der Waals surface area contributed by atoms with Gasteiger partial charge in [-0.25, -0.2) is 9.82 Å². The number of aromatic nitrogens is 1. The number of anilines is 1. The molecule has 168 valence electrons. The molecule has 7 nitrogen and oxygen atoms in total. The summed E-state index contributed by atoms with van der Waals surface area (Å²) in [5.41, 5.74) is 4.28. The number of hydrazone groups is 1. The zero-order valence-corrected chi connectivity index (χ0v) is 18.4. The first-order valence-electron chi connectivity index (χ1n) is 10.1. The molecule has 0 aliphatic heterocycles. The Hall–Kier alpha value is -4.48. The maximum absolute atomic E-state index is 14.0. The first-order chi connectivity index (χ1) is 16.4. The standard InChI is InChI=1S/C25H17ClFN5O2/c26-18-6-8-19(9-7-18)30-24(33)15-32-14-17(20-3-1-2-4-23(20)32)13-29-31-25(34)21-10-5-16(12-28)11-22(21)27/h1-11,13-14H,15H2,(H,30,33)(H,31,34)/b29-13-. The minimum absolute atomic E-state index is 0.0553. The molecule has 0 bridgehead atoms. The quantitative estimate of drug-likeness (QED) is 0.313. The number of para-hydroxylation sites is 1. The minimum Gasteiger partial charge on any atom is -0.337 e. The van der Waals surface area contributed by atoms with Crippen LogP contribution in [0, 0.1) is 17.1 Å². The number of hydrogen-bond donors (Lipinski definition) is 2. The summed E-state index contributed by atoms with van der Waals surface area (Å²) in [5, 5.41) is 17.0. The number of carbonyl (C=O) groups is 2. The molecule has 1 aromatic heterocycles. The highest BCUT2D eigenvalue weighted by molar-refractivity contribution is 6.30. The molecule has 0 spiro atoms. The third kappa shape index (κ3) is 5.11. The predicted molar refractivity (Wildman–Crippen MR) is 128 cm³/mol. The summed E-state index contributed by atoms with van der Waals surface area (Å²) in [7, 11) is 0. The van der Waals surface area contributed by atoms with Crippen LogP contribution in [0.1, 0.15) is 21.5 Å². The number of benzene rings is 3. The van der Waals surface area contributed by atoms with E-state index in [-0.39, 0.29) is 23.6 Å². The van der Waals surface area contributed by atoms with Gasteiger partial charge in [-0.15, -0.1) is 0 Å². The van der Waals surface area contributed by atoms with Crippen LogP contribution in [0.3, 0.4) is 0 Å². The van der Waals surface area contributed by atoms with Crippen LogP contribution in [-0.2, 0) is 11.3 Å². The van der Waals surface area contributed by atoms with Crippen molar-refractivity contribution in [3.8, 4) is 6.07 Å². The molecule has 0 saturated heterocycles. The minimum atomic E-state index is -0.810. The molecule has 2 amide bonds. The number of fused-ring (bicyclic) bond motifs is 1. The van der Waals surface area contributed by atoms with Crippen LogP contribution in [0.25, 0.3) is 10.9 Å². The molecule has 4 aromatic rings. The molecule has 0 saturated carbocycles. The number of carbonyl (C=O) groups excluding carboxylic acids is 2. The number of nitriles is 1. The topological polar surface area (TPSA) is 99.3 Å². The van der Waals surface area contributed by atoms with E-state index >= 15 is 0 Å². The van der Waals surface area contributed by atoms with Gasteiger partial charge in [0.25, 0.3) is 5.91 Å². The van der Waals surface area contributed by atoms with Crippen LogP contribution < -0.4 is 10.7 Å². The van der Waals surface area contributed by atoms with Crippen molar-refractivity contribution in [2.75, 3.05) is 5.32 Å². The van der Waals surface area contributed by atoms with E-state index in [1.54, 1.807) is 35.0 Å². The number of nitrogens with zero attached hydrogens (tertiary/aromatic N) is 3. The van der Waals surface area contributed by atoms with Gasteiger partial charge in [-0.1, -0.05) is 29.8 Å². The average molecular weight is 474 g/mol. The van der Waals surface area contributed by atoms with E-state index in [2.05, 4.69) is 15.8 Å². The Bertz CT molecular complexity index is 1450. The summed E-state index contributed by atoms with van der Waals surface area (Å²) in [5.74, 6) is -1.78. The molecule has 0 radical (unpaired) electrons. The summed E-state index contributed by atoms with van der Waals surface area (Å²) in [6.45, 7) is 0.0553. The highest BCUT2D eigenvalue weighted by atomic mass is 35.5. The van der Waals surface area contributed by atoms with Gasteiger partial charge >= 0.3 is 0 Å². The van der Waals surface area contributed by atoms with Gasteiger partial charge in [-0.3, -0.25) is 9.59 Å². The molecule has 1 heterocycles. The van der Waals surface area contributed by atoms with Crippen molar-refractivity contribution in [2.45, 2.75) is 6.54 Å². The van der Waals surface area contributed by atoms with Gasteiger partial charge in [0.1, 0.15) is 12.4 Å². The SMILES string of the molecule is N#Cc1ccc(C(=O)N/N=C\c2cn(CC(=O)Nc3ccc(Cl)cc3)c3ccccc23)c(F)c1. The van der Waals surface area contributed by atoms with E-state index < -0.39 is 11.7 Å². The lowest BCUT2D eigenvalue weighted by molar-refractivity contribution is -0.116. The van der Waals surface area contributed by atoms with E-state index in [0.717, 1.165) is 17.0 Å². The predicted octanol–water partition coefficient (Wildman–Crippen LogP) is 4.71. The number of rotatable bonds is 6. The lowest BCUT2D eigenvalue weighted by atomic mass is 10.1. The molecular weight excluding hydrogens is 457 g/mol. The Morgan fingerprint density at radius 1 is 1.12 bits per heavy atom. The number of hydrogen-bond acceptors (Lipinski definition) is 4. The fourth-order valence-electron chi connectivity index (χ4n) is 3.39. The Labute approximate surface area is 199 Å². The summed E-state index contributed by atoms with van der Waals surface area (Å²) in [6, 6.07) is 19.6. The normalized spacial score (nSPS) is 10.9. The molecule has 0 aliphatic carbocycles. The van der Waals surface area contributed by atoms with Gasteiger partial charge in [0.2, 0.25) is 5.91 Å². The van der Waals surface area contributed by atoms with Crippen LogP contribution in [0.4, 0.5) is 10.1 Å². The van der Waals surface area contributed by atoms with Crippen LogP contribution in [0.2, 0.25) is 5.02 Å². The van der Waals surface area contributed by atoms with Crippen molar-refractivity contribution in [3.63, 3.8) is 0 Å². The van der Waals surface area contributed by atoms with E-state index in [1.165, 1.54) is 18.3 Å². The van der Waals surface area contributed by atoms with Gasteiger partial charge in [-0.2, -0.15) is 10.4 Å². The third-order valence-corrected chi connectivity index (χ3v) is 5.23. The van der Waals surface area contributed by atoms with Gasteiger partial charge in [-0.05, 0) is 48.5 Å². The molecule has 34 heavy (non-hydrogen) atoms. The monoisotopic (exact) mass is 473 g/mol. The van der Waals surface area contributed by atoms with Gasteiger partial charge < -0.3 is 9.88 Å². The third-order valence-electron chi connectivity index (χ3n) is 4.97. The molecule has 0 aliphatic rings. The molecule has 3 aromatic carbocycles. The van der Waals surface area contributed by atoms with Crippen molar-refractivity contribution in [1.29, 1.82) is 5.26 Å². The maximum atomic E-state index is 14.0. The molecule has 0 fully saturated rings. The van der Waals surface area contributed by atoms with Crippen molar-refractivity contribution in [2.24, 2.45) is 5.10 Å². The van der Waals surface area contributed by atoms with E-state index in [4.69, 9.17) is 16.9 Å². The molecule has 0 atom stereocenters. The van der Waals surface area contributed by atoms with Crippen LogP contribution in [-0.4, -0.2) is 22.6 Å².